The third kappa shape index (κ3) is 3.18. The van der Waals surface area contributed by atoms with Crippen molar-refractivity contribution in [2.75, 3.05) is 5.32 Å². The van der Waals surface area contributed by atoms with Crippen molar-refractivity contribution in [2.45, 2.75) is 19.0 Å². The molecule has 1 N–H and O–H groups in total. The molecular formula is C10H7BrF5NO. The number of nitrogens with one attached hydrogen (secondary N) is 1. The Morgan fingerprint density at radius 2 is 1.72 bits per heavy atom. The molecule has 0 aliphatic heterocycles. The third-order valence-corrected chi connectivity index (χ3v) is 2.40. The van der Waals surface area contributed by atoms with Crippen molar-refractivity contribution in [3.8, 4) is 0 Å². The van der Waals surface area contributed by atoms with Gasteiger partial charge in [0, 0.05) is 10.2 Å². The highest BCUT2D eigenvalue weighted by molar-refractivity contribution is 9.10. The fourth-order valence-corrected chi connectivity index (χ4v) is 1.75. The minimum atomic E-state index is -5.92. The molecule has 8 heteroatoms. The van der Waals surface area contributed by atoms with Gasteiger partial charge in [0.05, 0.1) is 0 Å². The largest absolute Gasteiger partial charge is 0.463 e. The zero-order chi connectivity index (χ0) is 14.1. The molecule has 1 rings (SSSR count). The van der Waals surface area contributed by atoms with Crippen molar-refractivity contribution in [1.82, 2.24) is 0 Å². The lowest BCUT2D eigenvalue weighted by Gasteiger charge is -2.18. The number of carbonyl (C=O) groups is 1. The highest BCUT2D eigenvalue weighted by Crippen LogP contribution is 2.36. The van der Waals surface area contributed by atoms with Gasteiger partial charge >= 0.3 is 18.0 Å². The minimum Gasteiger partial charge on any atom is -0.320 e. The number of anilines is 1. The lowest BCUT2D eigenvalue weighted by molar-refractivity contribution is -0.267. The Hall–Kier alpha value is -1.18. The Morgan fingerprint density at radius 3 is 2.17 bits per heavy atom. The van der Waals surface area contributed by atoms with E-state index < -0.39 is 18.0 Å². The maximum atomic E-state index is 12.7. The van der Waals surface area contributed by atoms with Gasteiger partial charge in [0.2, 0.25) is 0 Å². The Morgan fingerprint density at radius 1 is 1.17 bits per heavy atom. The van der Waals surface area contributed by atoms with Crippen LogP contribution in [-0.2, 0) is 4.79 Å². The Balaban J connectivity index is 2.95. The van der Waals surface area contributed by atoms with E-state index in [1.54, 1.807) is 13.0 Å². The quantitative estimate of drug-likeness (QED) is 0.818. The van der Waals surface area contributed by atoms with Crippen LogP contribution in [0.3, 0.4) is 0 Å². The molecule has 0 unspecified atom stereocenters. The van der Waals surface area contributed by atoms with Gasteiger partial charge in [0.1, 0.15) is 0 Å². The molecule has 0 aliphatic carbocycles. The second-order valence-electron chi connectivity index (χ2n) is 3.54. The van der Waals surface area contributed by atoms with Gasteiger partial charge in [0.25, 0.3) is 0 Å². The van der Waals surface area contributed by atoms with Gasteiger partial charge < -0.3 is 5.32 Å². The predicted octanol–water partition coefficient (Wildman–Crippen LogP) is 3.89. The summed E-state index contributed by atoms with van der Waals surface area (Å²) in [6, 6.07) is 4.10. The zero-order valence-electron chi connectivity index (χ0n) is 8.91. The summed E-state index contributed by atoms with van der Waals surface area (Å²) >= 11 is 3.03. The van der Waals surface area contributed by atoms with Crippen LogP contribution in [0.4, 0.5) is 27.6 Å². The van der Waals surface area contributed by atoms with Gasteiger partial charge in [-0.1, -0.05) is 15.9 Å². The van der Waals surface area contributed by atoms with Crippen molar-refractivity contribution >= 4 is 27.5 Å². The second kappa shape index (κ2) is 4.83. The Labute approximate surface area is 107 Å². The normalized spacial score (nSPS) is 12.4. The number of hydrogen-bond donors (Lipinski definition) is 1. The molecule has 18 heavy (non-hydrogen) atoms. The Bertz CT molecular complexity index is 452. The van der Waals surface area contributed by atoms with E-state index in [1.165, 1.54) is 17.4 Å². The third-order valence-electron chi connectivity index (χ3n) is 1.94. The molecule has 0 aliphatic rings. The first-order valence-electron chi connectivity index (χ1n) is 4.57. The van der Waals surface area contributed by atoms with Crippen molar-refractivity contribution in [1.29, 1.82) is 0 Å². The van der Waals surface area contributed by atoms with Gasteiger partial charge in [-0.05, 0) is 30.7 Å². The molecule has 0 saturated heterocycles. The van der Waals surface area contributed by atoms with Crippen LogP contribution in [-0.4, -0.2) is 18.0 Å². The molecule has 100 valence electrons. The van der Waals surface area contributed by atoms with E-state index in [1.807, 2.05) is 0 Å². The van der Waals surface area contributed by atoms with E-state index in [9.17, 15) is 26.7 Å². The molecule has 0 aromatic heterocycles. The van der Waals surface area contributed by atoms with Crippen LogP contribution in [0, 0.1) is 6.92 Å². The van der Waals surface area contributed by atoms with Crippen LogP contribution in [0.25, 0.3) is 0 Å². The number of carbonyl (C=O) groups excluding carboxylic acids is 1. The number of hydrogen-bond acceptors (Lipinski definition) is 1. The van der Waals surface area contributed by atoms with E-state index >= 15 is 0 Å². The molecule has 1 aromatic rings. The first-order valence-corrected chi connectivity index (χ1v) is 5.36. The topological polar surface area (TPSA) is 29.1 Å². The van der Waals surface area contributed by atoms with Gasteiger partial charge in [-0.2, -0.15) is 22.0 Å². The van der Waals surface area contributed by atoms with Crippen LogP contribution >= 0.6 is 15.9 Å². The van der Waals surface area contributed by atoms with Crippen LogP contribution < -0.4 is 5.32 Å². The zero-order valence-corrected chi connectivity index (χ0v) is 10.5. The van der Waals surface area contributed by atoms with Gasteiger partial charge in [-0.15, -0.1) is 0 Å². The smallest absolute Gasteiger partial charge is 0.320 e. The summed E-state index contributed by atoms with van der Waals surface area (Å²) in [5, 5.41) is 1.53. The summed E-state index contributed by atoms with van der Waals surface area (Å²) in [5.74, 6) is -7.84. The number of halogens is 6. The summed E-state index contributed by atoms with van der Waals surface area (Å²) < 4.78 is 61.6. The van der Waals surface area contributed by atoms with Crippen LogP contribution in [0.2, 0.25) is 0 Å². The number of benzene rings is 1. The van der Waals surface area contributed by atoms with Crippen molar-refractivity contribution in [3.05, 3.63) is 28.2 Å². The number of rotatable bonds is 2. The van der Waals surface area contributed by atoms with Crippen molar-refractivity contribution in [3.63, 3.8) is 0 Å². The minimum absolute atomic E-state index is 0.143. The summed E-state index contributed by atoms with van der Waals surface area (Å²) in [6.45, 7) is 1.60. The van der Waals surface area contributed by atoms with Gasteiger partial charge in [-0.25, -0.2) is 0 Å². The first-order chi connectivity index (χ1) is 8.04. The standard InChI is InChI=1S/C10H7BrF5NO/c1-5-2-6(11)4-7(3-5)17-8(18)9(12,13)10(14,15)16/h2-4H,1H3,(H,17,18). The SMILES string of the molecule is Cc1cc(Br)cc(NC(=O)C(F)(F)C(F)(F)F)c1. The Kier molecular flexibility index (Phi) is 3.99. The highest BCUT2D eigenvalue weighted by atomic mass is 79.9. The fraction of sp³-hybridized carbons (Fsp3) is 0.300. The average Bonchev–Trinajstić information content (AvgIpc) is 2.13. The second-order valence-corrected chi connectivity index (χ2v) is 4.46. The van der Waals surface area contributed by atoms with Gasteiger partial charge in [0.15, 0.2) is 0 Å². The molecule has 1 amide bonds. The van der Waals surface area contributed by atoms with E-state index in [-0.39, 0.29) is 5.69 Å². The van der Waals surface area contributed by atoms with Crippen LogP contribution in [0.5, 0.6) is 0 Å². The maximum Gasteiger partial charge on any atom is 0.463 e. The summed E-state index contributed by atoms with van der Waals surface area (Å²) in [7, 11) is 0. The lowest BCUT2D eigenvalue weighted by Crippen LogP contribution is -2.47. The summed E-state index contributed by atoms with van der Waals surface area (Å²) in [5.41, 5.74) is 0.450. The highest BCUT2D eigenvalue weighted by Gasteiger charge is 2.63. The molecule has 0 atom stereocenters. The molecule has 1 aromatic carbocycles. The summed E-state index contributed by atoms with van der Waals surface area (Å²) in [4.78, 5) is 10.9. The number of aryl methyl sites for hydroxylation is 1. The molecule has 2 nitrogen and oxygen atoms in total. The molecule has 0 fully saturated rings. The molecule has 0 radical (unpaired) electrons. The average molecular weight is 332 g/mol. The van der Waals surface area contributed by atoms with Crippen molar-refractivity contribution < 1.29 is 26.7 Å². The maximum absolute atomic E-state index is 12.7. The monoisotopic (exact) mass is 331 g/mol. The molecule has 0 spiro atoms. The van der Waals surface area contributed by atoms with Crippen molar-refractivity contribution in [2.24, 2.45) is 0 Å². The molecular weight excluding hydrogens is 325 g/mol. The van der Waals surface area contributed by atoms with Crippen LogP contribution in [0.1, 0.15) is 5.56 Å². The number of amides is 1. The number of alkyl halides is 5. The summed E-state index contributed by atoms with van der Waals surface area (Å²) in [6.07, 6.45) is -5.92. The fourth-order valence-electron chi connectivity index (χ4n) is 1.15. The molecule has 0 heterocycles. The van der Waals surface area contributed by atoms with E-state index in [4.69, 9.17) is 0 Å². The predicted molar refractivity (Wildman–Crippen MR) is 58.5 cm³/mol. The molecule has 0 saturated carbocycles. The van der Waals surface area contributed by atoms with E-state index in [0.29, 0.717) is 10.0 Å². The van der Waals surface area contributed by atoms with E-state index in [2.05, 4.69) is 15.9 Å². The van der Waals surface area contributed by atoms with E-state index in [0.717, 1.165) is 0 Å². The molecule has 0 bridgehead atoms. The first kappa shape index (κ1) is 14.9. The van der Waals surface area contributed by atoms with Crippen LogP contribution in [0.15, 0.2) is 22.7 Å². The van der Waals surface area contributed by atoms with Gasteiger partial charge in [-0.3, -0.25) is 4.79 Å². The lowest BCUT2D eigenvalue weighted by atomic mass is 10.2.